The fourth-order valence-electron chi connectivity index (χ4n) is 2.68. The van der Waals surface area contributed by atoms with Gasteiger partial charge in [0.15, 0.2) is 0 Å². The number of hydrogen-bond acceptors (Lipinski definition) is 2. The topological polar surface area (TPSA) is 42.0 Å². The molecule has 0 saturated heterocycles. The van der Waals surface area contributed by atoms with E-state index in [2.05, 4.69) is 28.5 Å². The second-order valence-corrected chi connectivity index (χ2v) is 5.23. The summed E-state index contributed by atoms with van der Waals surface area (Å²) in [4.78, 5) is 15.9. The van der Waals surface area contributed by atoms with E-state index in [0.29, 0.717) is 12.1 Å². The molecule has 3 heteroatoms. The summed E-state index contributed by atoms with van der Waals surface area (Å²) in [6.07, 6.45) is 8.18. The van der Waals surface area contributed by atoms with Crippen molar-refractivity contribution >= 4 is 5.91 Å². The number of nitrogens with one attached hydrogen (secondary N) is 1. The van der Waals surface area contributed by atoms with E-state index in [-0.39, 0.29) is 5.91 Å². The molecule has 1 aliphatic rings. The molecule has 0 radical (unpaired) electrons. The highest BCUT2D eigenvalue weighted by molar-refractivity contribution is 5.93. The van der Waals surface area contributed by atoms with Crippen LogP contribution in [0.1, 0.15) is 39.9 Å². The van der Waals surface area contributed by atoms with Crippen LogP contribution in [-0.2, 0) is 19.4 Å². The fourth-order valence-corrected chi connectivity index (χ4v) is 2.68. The number of hydrogen-bond donors (Lipinski definition) is 1. The number of carbonyl (C=O) groups is 1. The van der Waals surface area contributed by atoms with E-state index in [1.807, 2.05) is 0 Å². The van der Waals surface area contributed by atoms with Gasteiger partial charge in [-0.2, -0.15) is 0 Å². The van der Waals surface area contributed by atoms with E-state index in [1.165, 1.54) is 42.4 Å². The van der Waals surface area contributed by atoms with Gasteiger partial charge in [-0.25, -0.2) is 0 Å². The molecule has 0 bridgehead atoms. The number of aromatic nitrogens is 1. The average molecular weight is 266 g/mol. The van der Waals surface area contributed by atoms with Crippen LogP contribution >= 0.6 is 0 Å². The maximum Gasteiger partial charge on any atom is 0.253 e. The zero-order valence-corrected chi connectivity index (χ0v) is 11.4. The van der Waals surface area contributed by atoms with E-state index in [1.54, 1.807) is 24.5 Å². The number of pyridine rings is 1. The molecule has 2 aromatic rings. The zero-order valence-electron chi connectivity index (χ0n) is 11.4. The molecule has 20 heavy (non-hydrogen) atoms. The Hall–Kier alpha value is -2.16. The first-order valence-electron chi connectivity index (χ1n) is 7.12. The number of fused-ring (bicyclic) bond motifs is 1. The second-order valence-electron chi connectivity index (χ2n) is 5.23. The van der Waals surface area contributed by atoms with Crippen LogP contribution in [0.4, 0.5) is 0 Å². The molecule has 1 N–H and O–H groups in total. The molecular formula is C17H18N2O. The van der Waals surface area contributed by atoms with Gasteiger partial charge in [-0.05, 0) is 54.5 Å². The quantitative estimate of drug-likeness (QED) is 0.928. The number of rotatable bonds is 3. The van der Waals surface area contributed by atoms with Crippen molar-refractivity contribution in [3.63, 3.8) is 0 Å². The van der Waals surface area contributed by atoms with Crippen molar-refractivity contribution in [2.24, 2.45) is 0 Å². The molecule has 3 nitrogen and oxygen atoms in total. The monoisotopic (exact) mass is 266 g/mol. The van der Waals surface area contributed by atoms with Gasteiger partial charge in [0.05, 0.1) is 5.56 Å². The molecule has 1 aromatic heterocycles. The highest BCUT2D eigenvalue weighted by atomic mass is 16.1. The van der Waals surface area contributed by atoms with Crippen LogP contribution in [0.15, 0.2) is 42.7 Å². The Labute approximate surface area is 119 Å². The molecule has 102 valence electrons. The largest absolute Gasteiger partial charge is 0.348 e. The summed E-state index contributed by atoms with van der Waals surface area (Å²) in [5.41, 5.74) is 4.69. The predicted octanol–water partition coefficient (Wildman–Crippen LogP) is 2.89. The Balaban J connectivity index is 1.65. The van der Waals surface area contributed by atoms with Gasteiger partial charge in [0.25, 0.3) is 5.91 Å². The Morgan fingerprint density at radius 2 is 2.00 bits per heavy atom. The average Bonchev–Trinajstić information content (AvgIpc) is 2.53. The molecule has 1 aromatic carbocycles. The maximum absolute atomic E-state index is 12.0. The van der Waals surface area contributed by atoms with E-state index in [4.69, 9.17) is 0 Å². The number of aryl methyl sites for hydroxylation is 2. The standard InChI is InChI=1S/C17H18N2O/c20-17(16-6-3-9-18-12-16)19-11-13-7-8-14-4-1-2-5-15(14)10-13/h3,6-10,12H,1-2,4-5,11H2,(H,19,20). The second kappa shape index (κ2) is 5.87. The van der Waals surface area contributed by atoms with E-state index >= 15 is 0 Å². The Morgan fingerprint density at radius 3 is 2.80 bits per heavy atom. The number of nitrogens with zero attached hydrogens (tertiary/aromatic N) is 1. The SMILES string of the molecule is O=C(NCc1ccc2c(c1)CCCC2)c1cccnc1. The molecule has 1 aliphatic carbocycles. The first-order valence-corrected chi connectivity index (χ1v) is 7.12. The van der Waals surface area contributed by atoms with Crippen LogP contribution < -0.4 is 5.32 Å². The number of amides is 1. The van der Waals surface area contributed by atoms with Crippen LogP contribution in [0, 0.1) is 0 Å². The number of carbonyl (C=O) groups excluding carboxylic acids is 1. The molecule has 0 aliphatic heterocycles. The summed E-state index contributed by atoms with van der Waals surface area (Å²) in [6, 6.07) is 10.1. The minimum Gasteiger partial charge on any atom is -0.348 e. The molecule has 1 amide bonds. The minimum atomic E-state index is -0.0733. The highest BCUT2D eigenvalue weighted by Gasteiger charge is 2.10. The molecule has 1 heterocycles. The highest BCUT2D eigenvalue weighted by Crippen LogP contribution is 2.22. The minimum absolute atomic E-state index is 0.0733. The predicted molar refractivity (Wildman–Crippen MR) is 78.5 cm³/mol. The molecular weight excluding hydrogens is 248 g/mol. The summed E-state index contributed by atoms with van der Waals surface area (Å²) in [6.45, 7) is 0.570. The molecule has 0 saturated carbocycles. The first-order chi connectivity index (χ1) is 9.83. The molecule has 0 unspecified atom stereocenters. The third-order valence-electron chi connectivity index (χ3n) is 3.79. The summed E-state index contributed by atoms with van der Waals surface area (Å²) >= 11 is 0. The van der Waals surface area contributed by atoms with Gasteiger partial charge in [-0.15, -0.1) is 0 Å². The van der Waals surface area contributed by atoms with Gasteiger partial charge in [0, 0.05) is 18.9 Å². The Kier molecular flexibility index (Phi) is 3.77. The van der Waals surface area contributed by atoms with Gasteiger partial charge >= 0.3 is 0 Å². The lowest BCUT2D eigenvalue weighted by Gasteiger charge is -2.16. The van der Waals surface area contributed by atoms with Gasteiger partial charge in [-0.1, -0.05) is 18.2 Å². The van der Waals surface area contributed by atoms with Crippen molar-refractivity contribution in [1.29, 1.82) is 0 Å². The summed E-state index contributed by atoms with van der Waals surface area (Å²) in [7, 11) is 0. The summed E-state index contributed by atoms with van der Waals surface area (Å²) in [5, 5.41) is 2.94. The van der Waals surface area contributed by atoms with Crippen LogP contribution in [0.5, 0.6) is 0 Å². The molecule has 3 rings (SSSR count). The van der Waals surface area contributed by atoms with E-state index in [0.717, 1.165) is 0 Å². The third-order valence-corrected chi connectivity index (χ3v) is 3.79. The lowest BCUT2D eigenvalue weighted by molar-refractivity contribution is 0.0950. The fraction of sp³-hybridized carbons (Fsp3) is 0.294. The summed E-state index contributed by atoms with van der Waals surface area (Å²) < 4.78 is 0. The smallest absolute Gasteiger partial charge is 0.253 e. The van der Waals surface area contributed by atoms with Gasteiger partial charge in [0.2, 0.25) is 0 Å². The normalized spacial score (nSPS) is 13.6. The molecule has 0 fully saturated rings. The molecule has 0 spiro atoms. The Bertz CT molecular complexity index is 608. The van der Waals surface area contributed by atoms with Gasteiger partial charge < -0.3 is 5.32 Å². The van der Waals surface area contributed by atoms with E-state index in [9.17, 15) is 4.79 Å². The van der Waals surface area contributed by atoms with Gasteiger partial charge in [0.1, 0.15) is 0 Å². The van der Waals surface area contributed by atoms with Crippen molar-refractivity contribution in [3.05, 3.63) is 65.0 Å². The van der Waals surface area contributed by atoms with Crippen LogP contribution in [0.25, 0.3) is 0 Å². The first kappa shape index (κ1) is 12.9. The third kappa shape index (κ3) is 2.87. The zero-order chi connectivity index (χ0) is 13.8. The lowest BCUT2D eigenvalue weighted by Crippen LogP contribution is -2.23. The number of benzene rings is 1. The van der Waals surface area contributed by atoms with Crippen LogP contribution in [0.2, 0.25) is 0 Å². The lowest BCUT2D eigenvalue weighted by atomic mass is 9.90. The van der Waals surface area contributed by atoms with Crippen LogP contribution in [0.3, 0.4) is 0 Å². The maximum atomic E-state index is 12.0. The summed E-state index contributed by atoms with van der Waals surface area (Å²) in [5.74, 6) is -0.0733. The van der Waals surface area contributed by atoms with Crippen molar-refractivity contribution in [2.45, 2.75) is 32.2 Å². The van der Waals surface area contributed by atoms with Crippen molar-refractivity contribution in [1.82, 2.24) is 10.3 Å². The Morgan fingerprint density at radius 1 is 1.15 bits per heavy atom. The van der Waals surface area contributed by atoms with Crippen LogP contribution in [-0.4, -0.2) is 10.9 Å². The van der Waals surface area contributed by atoms with Crippen molar-refractivity contribution in [2.75, 3.05) is 0 Å². The van der Waals surface area contributed by atoms with Gasteiger partial charge in [-0.3, -0.25) is 9.78 Å². The molecule has 0 atom stereocenters. The van der Waals surface area contributed by atoms with Crippen molar-refractivity contribution < 1.29 is 4.79 Å². The van der Waals surface area contributed by atoms with Crippen molar-refractivity contribution in [3.8, 4) is 0 Å². The van der Waals surface area contributed by atoms with E-state index < -0.39 is 0 Å².